The van der Waals surface area contributed by atoms with E-state index in [1.165, 1.54) is 0 Å². The van der Waals surface area contributed by atoms with E-state index in [0.29, 0.717) is 6.42 Å². The molecular weight excluding hydrogens is 192 g/mol. The molecule has 3 nitrogen and oxygen atoms in total. The number of carbonyl (C=O) groups is 2. The molecule has 3 heteroatoms. The first-order valence-corrected chi connectivity index (χ1v) is 5.41. The summed E-state index contributed by atoms with van der Waals surface area (Å²) in [6, 6.07) is 0. The molecule has 1 N–H and O–H groups in total. The van der Waals surface area contributed by atoms with Gasteiger partial charge in [0.15, 0.2) is 5.78 Å². The van der Waals surface area contributed by atoms with Crippen LogP contribution in [-0.4, -0.2) is 16.9 Å². The highest BCUT2D eigenvalue weighted by Gasteiger charge is 2.48. The van der Waals surface area contributed by atoms with Crippen molar-refractivity contribution < 1.29 is 14.7 Å². The van der Waals surface area contributed by atoms with Crippen LogP contribution in [0.4, 0.5) is 0 Å². The number of carboxylic acid groups (broad SMARTS) is 1. The fourth-order valence-electron chi connectivity index (χ4n) is 3.11. The van der Waals surface area contributed by atoms with Gasteiger partial charge in [-0.15, -0.1) is 0 Å². The van der Waals surface area contributed by atoms with Crippen molar-refractivity contribution in [2.45, 2.75) is 39.0 Å². The van der Waals surface area contributed by atoms with Crippen molar-refractivity contribution in [3.8, 4) is 0 Å². The van der Waals surface area contributed by atoms with Gasteiger partial charge in [-0.05, 0) is 30.8 Å². The average Bonchev–Trinajstić information content (AvgIpc) is 2.11. The van der Waals surface area contributed by atoms with Crippen LogP contribution in [0.1, 0.15) is 39.0 Å². The molecule has 0 heterocycles. The first-order valence-electron chi connectivity index (χ1n) is 5.41. The van der Waals surface area contributed by atoms with Crippen molar-refractivity contribution in [2.75, 3.05) is 0 Å². The Morgan fingerprint density at radius 2 is 2.27 bits per heavy atom. The van der Waals surface area contributed by atoms with Crippen LogP contribution in [0.5, 0.6) is 0 Å². The van der Waals surface area contributed by atoms with Crippen molar-refractivity contribution in [1.29, 1.82) is 0 Å². The summed E-state index contributed by atoms with van der Waals surface area (Å²) in [5, 5.41) is 8.90. The SMILES string of the molecule is CC12C=CC(=O)C(CC(=O)O)(CCC1)C2. The third-order valence-corrected chi connectivity index (χ3v) is 3.79. The first kappa shape index (κ1) is 10.4. The van der Waals surface area contributed by atoms with Gasteiger partial charge in [0.1, 0.15) is 0 Å². The maximum atomic E-state index is 11.9. The van der Waals surface area contributed by atoms with E-state index in [9.17, 15) is 9.59 Å². The number of hydrogen-bond acceptors (Lipinski definition) is 2. The maximum Gasteiger partial charge on any atom is 0.304 e. The van der Waals surface area contributed by atoms with Gasteiger partial charge in [-0.1, -0.05) is 19.4 Å². The Bertz CT molecular complexity index is 345. The molecule has 0 aromatic carbocycles. The number of carboxylic acids is 1. The Kier molecular flexibility index (Phi) is 2.21. The van der Waals surface area contributed by atoms with Crippen LogP contribution in [0.15, 0.2) is 12.2 Å². The molecular formula is C12H16O3. The van der Waals surface area contributed by atoms with Crippen LogP contribution in [0.3, 0.4) is 0 Å². The minimum Gasteiger partial charge on any atom is -0.481 e. The monoisotopic (exact) mass is 208 g/mol. The molecule has 1 saturated carbocycles. The quantitative estimate of drug-likeness (QED) is 0.756. The number of ketones is 1. The van der Waals surface area contributed by atoms with Crippen LogP contribution in [-0.2, 0) is 9.59 Å². The second-order valence-electron chi connectivity index (χ2n) is 5.23. The van der Waals surface area contributed by atoms with Crippen molar-refractivity contribution in [2.24, 2.45) is 10.8 Å². The van der Waals surface area contributed by atoms with Crippen molar-refractivity contribution in [3.05, 3.63) is 12.2 Å². The van der Waals surface area contributed by atoms with E-state index in [0.717, 1.165) is 19.3 Å². The maximum absolute atomic E-state index is 11.9. The predicted octanol–water partition coefficient (Wildman–Crippen LogP) is 2.17. The van der Waals surface area contributed by atoms with E-state index in [1.54, 1.807) is 6.08 Å². The Labute approximate surface area is 89.2 Å². The minimum absolute atomic E-state index is 0.00817. The van der Waals surface area contributed by atoms with E-state index in [-0.39, 0.29) is 17.6 Å². The zero-order chi connectivity index (χ0) is 11.1. The van der Waals surface area contributed by atoms with Gasteiger partial charge in [-0.2, -0.15) is 0 Å². The topological polar surface area (TPSA) is 54.4 Å². The zero-order valence-electron chi connectivity index (χ0n) is 8.95. The van der Waals surface area contributed by atoms with Gasteiger partial charge in [-0.25, -0.2) is 0 Å². The summed E-state index contributed by atoms with van der Waals surface area (Å²) >= 11 is 0. The third-order valence-electron chi connectivity index (χ3n) is 3.79. The van der Waals surface area contributed by atoms with E-state index in [2.05, 4.69) is 6.92 Å². The molecule has 15 heavy (non-hydrogen) atoms. The van der Waals surface area contributed by atoms with E-state index < -0.39 is 11.4 Å². The summed E-state index contributed by atoms with van der Waals surface area (Å²) in [6.45, 7) is 2.12. The highest BCUT2D eigenvalue weighted by Crippen LogP contribution is 2.52. The van der Waals surface area contributed by atoms with Gasteiger partial charge in [0.2, 0.25) is 0 Å². The van der Waals surface area contributed by atoms with Crippen LogP contribution in [0, 0.1) is 10.8 Å². The second-order valence-corrected chi connectivity index (χ2v) is 5.23. The summed E-state index contributed by atoms with van der Waals surface area (Å²) in [6.07, 6.45) is 7.03. The molecule has 82 valence electrons. The van der Waals surface area contributed by atoms with E-state index >= 15 is 0 Å². The van der Waals surface area contributed by atoms with Gasteiger partial charge in [0.05, 0.1) is 6.42 Å². The van der Waals surface area contributed by atoms with Crippen LogP contribution < -0.4 is 0 Å². The van der Waals surface area contributed by atoms with Gasteiger partial charge < -0.3 is 5.11 Å². The second kappa shape index (κ2) is 3.19. The number of allylic oxidation sites excluding steroid dienone is 2. The number of carbonyl (C=O) groups excluding carboxylic acids is 1. The molecule has 0 radical (unpaired) electrons. The Morgan fingerprint density at radius 1 is 1.53 bits per heavy atom. The predicted molar refractivity (Wildman–Crippen MR) is 55.4 cm³/mol. The highest BCUT2D eigenvalue weighted by molar-refractivity contribution is 5.98. The Morgan fingerprint density at radius 3 is 2.93 bits per heavy atom. The minimum atomic E-state index is -0.858. The summed E-state index contributed by atoms with van der Waals surface area (Å²) in [7, 11) is 0. The molecule has 1 fully saturated rings. The largest absolute Gasteiger partial charge is 0.481 e. The Hall–Kier alpha value is -1.12. The van der Waals surface area contributed by atoms with Crippen LogP contribution in [0.25, 0.3) is 0 Å². The molecule has 0 amide bonds. The lowest BCUT2D eigenvalue weighted by Crippen LogP contribution is -2.43. The fourth-order valence-corrected chi connectivity index (χ4v) is 3.11. The van der Waals surface area contributed by atoms with Crippen LogP contribution in [0.2, 0.25) is 0 Å². The fraction of sp³-hybridized carbons (Fsp3) is 0.667. The van der Waals surface area contributed by atoms with E-state index in [4.69, 9.17) is 5.11 Å². The standard InChI is InChI=1S/C12H16O3/c1-11-4-2-5-12(8-11,7-10(14)15)9(13)3-6-11/h3,6H,2,4-5,7-8H2,1H3,(H,14,15). The molecule has 2 atom stereocenters. The molecule has 0 aliphatic heterocycles. The summed E-state index contributed by atoms with van der Waals surface area (Å²) < 4.78 is 0. The van der Waals surface area contributed by atoms with Gasteiger partial charge in [0, 0.05) is 5.41 Å². The molecule has 2 aliphatic rings. The van der Waals surface area contributed by atoms with Crippen molar-refractivity contribution in [3.63, 3.8) is 0 Å². The molecule has 2 rings (SSSR count). The molecule has 2 bridgehead atoms. The summed E-state index contributed by atoms with van der Waals surface area (Å²) in [5.41, 5.74) is -0.560. The number of fused-ring (bicyclic) bond motifs is 2. The molecule has 0 aromatic rings. The smallest absolute Gasteiger partial charge is 0.304 e. The van der Waals surface area contributed by atoms with Gasteiger partial charge >= 0.3 is 5.97 Å². The molecule has 0 saturated heterocycles. The molecule has 2 aliphatic carbocycles. The van der Waals surface area contributed by atoms with Gasteiger partial charge in [-0.3, -0.25) is 9.59 Å². The average molecular weight is 208 g/mol. The summed E-state index contributed by atoms with van der Waals surface area (Å²) in [5.74, 6) is -0.843. The molecule has 0 spiro atoms. The zero-order valence-corrected chi connectivity index (χ0v) is 8.95. The van der Waals surface area contributed by atoms with Gasteiger partial charge in [0.25, 0.3) is 0 Å². The normalized spacial score (nSPS) is 39.1. The summed E-state index contributed by atoms with van der Waals surface area (Å²) in [4.78, 5) is 22.7. The van der Waals surface area contributed by atoms with Crippen LogP contribution >= 0.6 is 0 Å². The highest BCUT2D eigenvalue weighted by atomic mass is 16.4. The lowest BCUT2D eigenvalue weighted by Gasteiger charge is -2.46. The van der Waals surface area contributed by atoms with Crippen molar-refractivity contribution >= 4 is 11.8 Å². The molecule has 2 unspecified atom stereocenters. The first-order chi connectivity index (χ1) is 6.96. The van der Waals surface area contributed by atoms with E-state index in [1.807, 2.05) is 6.08 Å². The number of hydrogen-bond donors (Lipinski definition) is 1. The molecule has 0 aromatic heterocycles. The lowest BCUT2D eigenvalue weighted by molar-refractivity contribution is -0.146. The van der Waals surface area contributed by atoms with Crippen molar-refractivity contribution in [1.82, 2.24) is 0 Å². The number of rotatable bonds is 2. The Balaban J connectivity index is 2.34. The third kappa shape index (κ3) is 1.71. The lowest BCUT2D eigenvalue weighted by atomic mass is 9.57. The number of aliphatic carboxylic acids is 1.